The Hall–Kier alpha value is -0.900. The molecule has 0 aromatic carbocycles. The lowest BCUT2D eigenvalue weighted by Gasteiger charge is -2.36. The lowest BCUT2D eigenvalue weighted by atomic mass is 9.75. The van der Waals surface area contributed by atoms with Crippen LogP contribution < -0.4 is 5.73 Å². The van der Waals surface area contributed by atoms with Crippen molar-refractivity contribution >= 4 is 0 Å². The SMILES string of the molecule is CCCCc1noc(CC2(N)CCC2)n1. The molecule has 1 aromatic rings. The van der Waals surface area contributed by atoms with Crippen molar-refractivity contribution in [2.24, 2.45) is 5.73 Å². The zero-order valence-corrected chi connectivity index (χ0v) is 9.33. The molecule has 1 aliphatic carbocycles. The Kier molecular flexibility index (Phi) is 3.05. The number of aromatic nitrogens is 2. The van der Waals surface area contributed by atoms with E-state index >= 15 is 0 Å². The van der Waals surface area contributed by atoms with E-state index in [2.05, 4.69) is 17.1 Å². The zero-order valence-electron chi connectivity index (χ0n) is 9.33. The number of rotatable bonds is 5. The van der Waals surface area contributed by atoms with Crippen molar-refractivity contribution in [1.29, 1.82) is 0 Å². The standard InChI is InChI=1S/C11H19N3O/c1-2-3-5-9-13-10(15-14-9)8-11(12)6-4-7-11/h2-8,12H2,1H3. The summed E-state index contributed by atoms with van der Waals surface area (Å²) in [5.41, 5.74) is 6.06. The van der Waals surface area contributed by atoms with Crippen molar-refractivity contribution in [3.05, 3.63) is 11.7 Å². The second-order valence-electron chi connectivity index (χ2n) is 4.60. The molecule has 0 bridgehead atoms. The fourth-order valence-electron chi connectivity index (χ4n) is 1.91. The quantitative estimate of drug-likeness (QED) is 0.803. The number of nitrogens with zero attached hydrogens (tertiary/aromatic N) is 2. The first-order valence-corrected chi connectivity index (χ1v) is 5.82. The molecule has 4 nitrogen and oxygen atoms in total. The molecule has 0 unspecified atom stereocenters. The second-order valence-corrected chi connectivity index (χ2v) is 4.60. The highest BCUT2D eigenvalue weighted by Crippen LogP contribution is 2.31. The summed E-state index contributed by atoms with van der Waals surface area (Å²) in [5, 5.41) is 3.95. The molecule has 1 aliphatic rings. The van der Waals surface area contributed by atoms with Crippen molar-refractivity contribution in [3.8, 4) is 0 Å². The molecule has 4 heteroatoms. The van der Waals surface area contributed by atoms with E-state index in [1.807, 2.05) is 0 Å². The van der Waals surface area contributed by atoms with Gasteiger partial charge in [-0.2, -0.15) is 4.98 Å². The largest absolute Gasteiger partial charge is 0.339 e. The lowest BCUT2D eigenvalue weighted by Crippen LogP contribution is -2.48. The third kappa shape index (κ3) is 2.56. The zero-order chi connectivity index (χ0) is 10.7. The van der Waals surface area contributed by atoms with E-state index in [9.17, 15) is 0 Å². The summed E-state index contributed by atoms with van der Waals surface area (Å²) < 4.78 is 5.19. The first-order valence-electron chi connectivity index (χ1n) is 5.82. The van der Waals surface area contributed by atoms with Crippen LogP contribution in [0.1, 0.15) is 50.7 Å². The van der Waals surface area contributed by atoms with Gasteiger partial charge in [0, 0.05) is 18.4 Å². The molecular formula is C11H19N3O. The molecule has 0 atom stereocenters. The van der Waals surface area contributed by atoms with Crippen molar-refractivity contribution in [1.82, 2.24) is 10.1 Å². The molecule has 1 aromatic heterocycles. The van der Waals surface area contributed by atoms with E-state index in [0.29, 0.717) is 5.89 Å². The normalized spacial score (nSPS) is 18.8. The Morgan fingerprint density at radius 2 is 2.27 bits per heavy atom. The van der Waals surface area contributed by atoms with E-state index in [1.165, 1.54) is 6.42 Å². The highest BCUT2D eigenvalue weighted by molar-refractivity contribution is 5.00. The minimum Gasteiger partial charge on any atom is -0.339 e. The first kappa shape index (κ1) is 10.6. The van der Waals surface area contributed by atoms with E-state index in [1.54, 1.807) is 0 Å². The maximum atomic E-state index is 6.12. The van der Waals surface area contributed by atoms with Gasteiger partial charge in [-0.05, 0) is 25.7 Å². The van der Waals surface area contributed by atoms with Gasteiger partial charge in [0.05, 0.1) is 0 Å². The third-order valence-corrected chi connectivity index (χ3v) is 3.12. The van der Waals surface area contributed by atoms with Crippen LogP contribution in [-0.4, -0.2) is 15.7 Å². The Bertz CT molecular complexity index is 317. The third-order valence-electron chi connectivity index (χ3n) is 3.12. The summed E-state index contributed by atoms with van der Waals surface area (Å²) in [4.78, 5) is 4.36. The average molecular weight is 209 g/mol. The number of unbranched alkanes of at least 4 members (excludes halogenated alkanes) is 1. The number of hydrogen-bond donors (Lipinski definition) is 1. The Balaban J connectivity index is 1.89. The molecule has 84 valence electrons. The molecule has 2 N–H and O–H groups in total. The Labute approximate surface area is 90.2 Å². The molecule has 0 aliphatic heterocycles. The van der Waals surface area contributed by atoms with Gasteiger partial charge < -0.3 is 10.3 Å². The number of nitrogens with two attached hydrogens (primary N) is 1. The summed E-state index contributed by atoms with van der Waals surface area (Å²) in [6.07, 6.45) is 7.33. The Morgan fingerprint density at radius 1 is 1.47 bits per heavy atom. The molecule has 1 saturated carbocycles. The van der Waals surface area contributed by atoms with Crippen LogP contribution in [0.4, 0.5) is 0 Å². The predicted molar refractivity (Wildman–Crippen MR) is 57.4 cm³/mol. The summed E-state index contributed by atoms with van der Waals surface area (Å²) in [5.74, 6) is 1.54. The van der Waals surface area contributed by atoms with E-state index in [-0.39, 0.29) is 5.54 Å². The number of aryl methyl sites for hydroxylation is 1. The molecular weight excluding hydrogens is 190 g/mol. The predicted octanol–water partition coefficient (Wildman–Crippen LogP) is 1.84. The van der Waals surface area contributed by atoms with Crippen LogP contribution in [0.2, 0.25) is 0 Å². The second kappa shape index (κ2) is 4.31. The van der Waals surface area contributed by atoms with Crippen LogP contribution in [-0.2, 0) is 12.8 Å². The molecule has 0 amide bonds. The monoisotopic (exact) mass is 209 g/mol. The van der Waals surface area contributed by atoms with Gasteiger partial charge in [0.1, 0.15) is 0 Å². The van der Waals surface area contributed by atoms with Crippen LogP contribution in [0.3, 0.4) is 0 Å². The van der Waals surface area contributed by atoms with Gasteiger partial charge in [-0.3, -0.25) is 0 Å². The fraction of sp³-hybridized carbons (Fsp3) is 0.818. The highest BCUT2D eigenvalue weighted by Gasteiger charge is 2.34. The van der Waals surface area contributed by atoms with Crippen molar-refractivity contribution in [2.75, 3.05) is 0 Å². The maximum absolute atomic E-state index is 6.12. The van der Waals surface area contributed by atoms with Crippen molar-refractivity contribution in [2.45, 2.75) is 57.4 Å². The van der Waals surface area contributed by atoms with E-state index < -0.39 is 0 Å². The minimum atomic E-state index is -0.0610. The molecule has 1 fully saturated rings. The number of hydrogen-bond acceptors (Lipinski definition) is 4. The van der Waals surface area contributed by atoms with Crippen LogP contribution >= 0.6 is 0 Å². The minimum absolute atomic E-state index is 0.0610. The van der Waals surface area contributed by atoms with Crippen LogP contribution in [0.5, 0.6) is 0 Å². The maximum Gasteiger partial charge on any atom is 0.228 e. The average Bonchev–Trinajstić information content (AvgIpc) is 2.60. The van der Waals surface area contributed by atoms with Gasteiger partial charge in [-0.25, -0.2) is 0 Å². The van der Waals surface area contributed by atoms with Crippen LogP contribution in [0.15, 0.2) is 4.52 Å². The van der Waals surface area contributed by atoms with Gasteiger partial charge in [0.15, 0.2) is 5.82 Å². The lowest BCUT2D eigenvalue weighted by molar-refractivity contribution is 0.221. The molecule has 2 rings (SSSR count). The topological polar surface area (TPSA) is 64.9 Å². The smallest absolute Gasteiger partial charge is 0.228 e. The van der Waals surface area contributed by atoms with Crippen LogP contribution in [0, 0.1) is 0 Å². The molecule has 0 radical (unpaired) electrons. The summed E-state index contributed by atoms with van der Waals surface area (Å²) >= 11 is 0. The van der Waals surface area contributed by atoms with Crippen LogP contribution in [0.25, 0.3) is 0 Å². The molecule has 0 spiro atoms. The van der Waals surface area contributed by atoms with Crippen molar-refractivity contribution < 1.29 is 4.52 Å². The molecule has 0 saturated heterocycles. The first-order chi connectivity index (χ1) is 7.22. The highest BCUT2D eigenvalue weighted by atomic mass is 16.5. The molecule has 1 heterocycles. The van der Waals surface area contributed by atoms with Gasteiger partial charge >= 0.3 is 0 Å². The van der Waals surface area contributed by atoms with Gasteiger partial charge in [-0.1, -0.05) is 18.5 Å². The summed E-state index contributed by atoms with van der Waals surface area (Å²) in [6, 6.07) is 0. The van der Waals surface area contributed by atoms with Gasteiger partial charge in [0.25, 0.3) is 0 Å². The fourth-order valence-corrected chi connectivity index (χ4v) is 1.91. The van der Waals surface area contributed by atoms with Gasteiger partial charge in [0.2, 0.25) is 5.89 Å². The summed E-state index contributed by atoms with van der Waals surface area (Å²) in [7, 11) is 0. The Morgan fingerprint density at radius 3 is 2.87 bits per heavy atom. The van der Waals surface area contributed by atoms with E-state index in [4.69, 9.17) is 10.3 Å². The summed E-state index contributed by atoms with van der Waals surface area (Å²) in [6.45, 7) is 2.16. The van der Waals surface area contributed by atoms with E-state index in [0.717, 1.165) is 44.3 Å². The van der Waals surface area contributed by atoms with Crippen molar-refractivity contribution in [3.63, 3.8) is 0 Å². The van der Waals surface area contributed by atoms with Gasteiger partial charge in [-0.15, -0.1) is 0 Å². The molecule has 15 heavy (non-hydrogen) atoms.